The van der Waals surface area contributed by atoms with E-state index < -0.39 is 0 Å². The predicted molar refractivity (Wildman–Crippen MR) is 117 cm³/mol. The Labute approximate surface area is 187 Å². The highest BCUT2D eigenvalue weighted by Crippen LogP contribution is 2.40. The number of carbonyl (C=O) groups is 2. The van der Waals surface area contributed by atoms with E-state index in [1.165, 1.54) is 0 Å². The fourth-order valence-electron chi connectivity index (χ4n) is 4.30. The maximum Gasteiger partial charge on any atom is 0.273 e. The van der Waals surface area contributed by atoms with Gasteiger partial charge in [0.2, 0.25) is 5.91 Å². The molecule has 1 saturated carbocycles. The van der Waals surface area contributed by atoms with Crippen molar-refractivity contribution in [1.29, 1.82) is 0 Å². The van der Waals surface area contributed by atoms with E-state index in [0.717, 1.165) is 37.0 Å². The average Bonchev–Trinajstić information content (AvgIpc) is 3.54. The highest BCUT2D eigenvalue weighted by molar-refractivity contribution is 5.92. The second-order valence-corrected chi connectivity index (χ2v) is 8.81. The van der Waals surface area contributed by atoms with Gasteiger partial charge in [-0.1, -0.05) is 17.3 Å². The number of carbonyl (C=O) groups excluding carboxylic acids is 2. The minimum atomic E-state index is -0.241. The van der Waals surface area contributed by atoms with Crippen molar-refractivity contribution in [3.8, 4) is 5.75 Å². The summed E-state index contributed by atoms with van der Waals surface area (Å²) >= 11 is 0. The summed E-state index contributed by atoms with van der Waals surface area (Å²) in [6.45, 7) is 1.76. The van der Waals surface area contributed by atoms with Gasteiger partial charge >= 0.3 is 0 Å². The lowest BCUT2D eigenvalue weighted by molar-refractivity contribution is -0.132. The molecule has 1 atom stereocenters. The smallest absolute Gasteiger partial charge is 0.273 e. The van der Waals surface area contributed by atoms with Crippen LogP contribution in [0.5, 0.6) is 5.75 Å². The number of aromatic hydroxyl groups is 1. The Kier molecular flexibility index (Phi) is 7.09. The molecule has 2 aliphatic rings. The summed E-state index contributed by atoms with van der Waals surface area (Å²) in [5.74, 6) is 1.56. The number of aromatic nitrogens is 1. The first kappa shape index (κ1) is 22.3. The van der Waals surface area contributed by atoms with Gasteiger partial charge in [0.05, 0.1) is 12.6 Å². The molecule has 0 spiro atoms. The molecule has 1 aliphatic carbocycles. The molecule has 2 amide bonds. The maximum absolute atomic E-state index is 12.7. The van der Waals surface area contributed by atoms with Crippen molar-refractivity contribution in [2.75, 3.05) is 26.8 Å². The Morgan fingerprint density at radius 1 is 1.22 bits per heavy atom. The van der Waals surface area contributed by atoms with E-state index in [4.69, 9.17) is 9.26 Å². The third kappa shape index (κ3) is 5.68. The lowest BCUT2D eigenvalue weighted by atomic mass is 9.89. The third-order valence-electron chi connectivity index (χ3n) is 6.43. The van der Waals surface area contributed by atoms with Crippen LogP contribution in [0.3, 0.4) is 0 Å². The van der Waals surface area contributed by atoms with Crippen LogP contribution in [0.2, 0.25) is 0 Å². The fourth-order valence-corrected chi connectivity index (χ4v) is 4.30. The van der Waals surface area contributed by atoms with Gasteiger partial charge in [0, 0.05) is 38.6 Å². The Bertz CT molecular complexity index is 914. The second kappa shape index (κ2) is 10.2. The van der Waals surface area contributed by atoms with Crippen LogP contribution in [0, 0.1) is 5.92 Å². The Balaban J connectivity index is 1.26. The van der Waals surface area contributed by atoms with Crippen LogP contribution < -0.4 is 5.32 Å². The van der Waals surface area contributed by atoms with Gasteiger partial charge in [-0.2, -0.15) is 0 Å². The predicted octanol–water partition coefficient (Wildman–Crippen LogP) is 2.87. The lowest BCUT2D eigenvalue weighted by Crippen LogP contribution is -2.48. The minimum absolute atomic E-state index is 0.136. The molecule has 2 aromatic rings. The third-order valence-corrected chi connectivity index (χ3v) is 6.43. The number of nitrogens with one attached hydrogen (secondary N) is 1. The number of rotatable bonds is 9. The van der Waals surface area contributed by atoms with Crippen molar-refractivity contribution in [3.05, 3.63) is 47.3 Å². The van der Waals surface area contributed by atoms with Crippen molar-refractivity contribution in [1.82, 2.24) is 15.4 Å². The van der Waals surface area contributed by atoms with Crippen molar-refractivity contribution < 1.29 is 24.0 Å². The number of likely N-dealkylation sites (tertiary alicyclic amines) is 1. The largest absolute Gasteiger partial charge is 0.508 e. The highest BCUT2D eigenvalue weighted by Gasteiger charge is 2.32. The van der Waals surface area contributed by atoms with Crippen molar-refractivity contribution >= 4 is 11.8 Å². The van der Waals surface area contributed by atoms with Crippen molar-refractivity contribution in [3.63, 3.8) is 0 Å². The summed E-state index contributed by atoms with van der Waals surface area (Å²) in [4.78, 5) is 27.2. The van der Waals surface area contributed by atoms with E-state index in [-0.39, 0.29) is 29.5 Å². The van der Waals surface area contributed by atoms with Crippen LogP contribution in [0.15, 0.2) is 34.9 Å². The van der Waals surface area contributed by atoms with Crippen molar-refractivity contribution in [2.24, 2.45) is 5.92 Å². The van der Waals surface area contributed by atoms with Crippen molar-refractivity contribution in [2.45, 2.75) is 50.5 Å². The molecule has 0 radical (unpaired) electrons. The highest BCUT2D eigenvalue weighted by atomic mass is 16.5. The number of methoxy groups -OCH3 is 1. The zero-order valence-electron chi connectivity index (χ0n) is 18.5. The second-order valence-electron chi connectivity index (χ2n) is 8.81. The Hall–Kier alpha value is -2.87. The average molecular weight is 442 g/mol. The first-order valence-electron chi connectivity index (χ1n) is 11.4. The van der Waals surface area contributed by atoms with Crippen LogP contribution in [-0.2, 0) is 16.0 Å². The molecular weight excluding hydrogens is 410 g/mol. The minimum Gasteiger partial charge on any atom is -0.508 e. The summed E-state index contributed by atoms with van der Waals surface area (Å²) in [5.41, 5.74) is 1.35. The van der Waals surface area contributed by atoms with E-state index in [2.05, 4.69) is 10.5 Å². The van der Waals surface area contributed by atoms with Crippen LogP contribution in [0.4, 0.5) is 0 Å². The van der Waals surface area contributed by atoms with E-state index in [9.17, 15) is 14.7 Å². The summed E-state index contributed by atoms with van der Waals surface area (Å²) in [7, 11) is 1.63. The normalized spacial score (nSPS) is 17.8. The topological polar surface area (TPSA) is 105 Å². The van der Waals surface area contributed by atoms with Crippen LogP contribution in [-0.4, -0.2) is 59.8 Å². The van der Waals surface area contributed by atoms with Crippen LogP contribution in [0.25, 0.3) is 0 Å². The van der Waals surface area contributed by atoms with Gasteiger partial charge < -0.3 is 24.6 Å². The van der Waals surface area contributed by atoms with E-state index in [1.54, 1.807) is 25.3 Å². The molecule has 32 heavy (non-hydrogen) atoms. The first-order valence-corrected chi connectivity index (χ1v) is 11.4. The lowest BCUT2D eigenvalue weighted by Gasteiger charge is -2.36. The molecule has 1 aliphatic heterocycles. The molecule has 4 rings (SSSR count). The standard InChI is InChI=1S/C24H31N3O5/c1-31-15-21(25-24(30)20-14-22(32-26-20)18-5-6-18)17-10-12-27(13-11-17)23(29)9-4-16-2-7-19(28)8-3-16/h2-3,7-8,14,17-18,21,28H,4-6,9-13,15H2,1H3,(H,25,30). The van der Waals surface area contributed by atoms with E-state index in [0.29, 0.717) is 44.1 Å². The molecule has 1 aromatic heterocycles. The van der Waals surface area contributed by atoms with Gasteiger partial charge in [-0.25, -0.2) is 0 Å². The molecule has 8 nitrogen and oxygen atoms in total. The molecule has 1 aromatic carbocycles. The van der Waals surface area contributed by atoms with Crippen LogP contribution in [0.1, 0.15) is 59.8 Å². The van der Waals surface area contributed by atoms with Gasteiger partial charge in [0.1, 0.15) is 11.5 Å². The molecular formula is C24H31N3O5. The number of aryl methyl sites for hydroxylation is 1. The first-order chi connectivity index (χ1) is 15.5. The molecule has 172 valence electrons. The number of piperidine rings is 1. The molecule has 2 fully saturated rings. The molecule has 2 N–H and O–H groups in total. The molecule has 1 unspecified atom stereocenters. The van der Waals surface area contributed by atoms with Crippen LogP contribution >= 0.6 is 0 Å². The maximum atomic E-state index is 12.7. The zero-order chi connectivity index (χ0) is 22.5. The zero-order valence-corrected chi connectivity index (χ0v) is 18.5. The number of nitrogens with zero attached hydrogens (tertiary/aromatic N) is 2. The number of phenolic OH excluding ortho intramolecular Hbond substituents is 1. The molecule has 2 heterocycles. The van der Waals surface area contributed by atoms with E-state index >= 15 is 0 Å². The number of hydrogen-bond acceptors (Lipinski definition) is 6. The van der Waals surface area contributed by atoms with Gasteiger partial charge in [-0.05, 0) is 55.7 Å². The van der Waals surface area contributed by atoms with Gasteiger partial charge in [0.15, 0.2) is 5.69 Å². The number of ether oxygens (including phenoxy) is 1. The summed E-state index contributed by atoms with van der Waals surface area (Å²) in [6, 6.07) is 8.57. The van der Waals surface area contributed by atoms with Gasteiger partial charge in [0.25, 0.3) is 5.91 Å². The summed E-state index contributed by atoms with van der Waals surface area (Å²) in [6.07, 6.45) is 4.91. The monoisotopic (exact) mass is 441 g/mol. The summed E-state index contributed by atoms with van der Waals surface area (Å²) < 4.78 is 10.7. The number of phenols is 1. The van der Waals surface area contributed by atoms with E-state index in [1.807, 2.05) is 17.0 Å². The molecule has 1 saturated heterocycles. The molecule has 0 bridgehead atoms. The number of amides is 2. The summed E-state index contributed by atoms with van der Waals surface area (Å²) in [5, 5.41) is 16.4. The SMILES string of the molecule is COCC(NC(=O)c1cc(C2CC2)on1)C1CCN(C(=O)CCc2ccc(O)cc2)CC1. The molecule has 8 heteroatoms. The Morgan fingerprint density at radius 2 is 1.94 bits per heavy atom. The van der Waals surface area contributed by atoms with Gasteiger partial charge in [-0.15, -0.1) is 0 Å². The number of benzene rings is 1. The van der Waals surface area contributed by atoms with Gasteiger partial charge in [-0.3, -0.25) is 9.59 Å². The number of hydrogen-bond donors (Lipinski definition) is 2. The Morgan fingerprint density at radius 3 is 2.59 bits per heavy atom. The quantitative estimate of drug-likeness (QED) is 0.620. The fraction of sp³-hybridized carbons (Fsp3) is 0.542.